The number of benzene rings is 2. The van der Waals surface area contributed by atoms with E-state index < -0.39 is 17.7 Å². The van der Waals surface area contributed by atoms with Crippen LogP contribution in [0.2, 0.25) is 0 Å². The summed E-state index contributed by atoms with van der Waals surface area (Å²) in [5.74, 6) is -0.516. The molecule has 0 radical (unpaired) electrons. The van der Waals surface area contributed by atoms with Gasteiger partial charge in [0, 0.05) is 16.1 Å². The number of aryl methyl sites for hydroxylation is 1. The van der Waals surface area contributed by atoms with Crippen LogP contribution in [0, 0.1) is 6.92 Å². The van der Waals surface area contributed by atoms with Crippen molar-refractivity contribution in [3.05, 3.63) is 70.6 Å². The highest BCUT2D eigenvalue weighted by Gasteiger charge is 2.30. The summed E-state index contributed by atoms with van der Waals surface area (Å²) in [4.78, 5) is 13.4. The van der Waals surface area contributed by atoms with E-state index in [1.54, 1.807) is 0 Å². The van der Waals surface area contributed by atoms with Gasteiger partial charge in [0.1, 0.15) is 10.6 Å². The van der Waals surface area contributed by atoms with Crippen molar-refractivity contribution in [2.75, 3.05) is 17.7 Å². The molecule has 156 valence electrons. The normalized spacial score (nSPS) is 11.1. The highest BCUT2D eigenvalue weighted by Crippen LogP contribution is 2.40. The van der Waals surface area contributed by atoms with Gasteiger partial charge in [0.2, 0.25) is 0 Å². The van der Waals surface area contributed by atoms with Crippen LogP contribution in [0.1, 0.15) is 20.8 Å². The monoisotopic (exact) mass is 450 g/mol. The Morgan fingerprint density at radius 2 is 1.67 bits per heavy atom. The predicted molar refractivity (Wildman–Crippen MR) is 117 cm³/mol. The van der Waals surface area contributed by atoms with Crippen molar-refractivity contribution >= 4 is 45.3 Å². The van der Waals surface area contributed by atoms with Crippen LogP contribution < -0.4 is 10.6 Å². The van der Waals surface area contributed by atoms with E-state index in [4.69, 9.17) is 17.0 Å². The number of alkyl halides is 3. The number of ether oxygens (including phenoxy) is 1. The average Bonchev–Trinajstić information content (AvgIpc) is 3.03. The molecule has 0 aliphatic rings. The van der Waals surface area contributed by atoms with Gasteiger partial charge in [-0.1, -0.05) is 30.3 Å². The second kappa shape index (κ2) is 8.85. The molecule has 0 bridgehead atoms. The number of rotatable bonds is 4. The minimum Gasteiger partial charge on any atom is -0.465 e. The topological polar surface area (TPSA) is 50.4 Å². The first-order chi connectivity index (χ1) is 14.2. The van der Waals surface area contributed by atoms with E-state index in [9.17, 15) is 18.0 Å². The summed E-state index contributed by atoms with van der Waals surface area (Å²) >= 11 is 6.62. The largest absolute Gasteiger partial charge is 0.465 e. The molecule has 0 spiro atoms. The number of hydrogen-bond donors (Lipinski definition) is 2. The molecule has 4 nitrogen and oxygen atoms in total. The average molecular weight is 451 g/mol. The molecule has 9 heteroatoms. The lowest BCUT2D eigenvalue weighted by atomic mass is 10.0. The van der Waals surface area contributed by atoms with Crippen LogP contribution in [-0.2, 0) is 10.9 Å². The zero-order valence-corrected chi connectivity index (χ0v) is 17.6. The molecule has 0 saturated carbocycles. The highest BCUT2D eigenvalue weighted by atomic mass is 32.1. The number of esters is 1. The Kier molecular flexibility index (Phi) is 6.42. The molecule has 0 amide bonds. The summed E-state index contributed by atoms with van der Waals surface area (Å²) in [5.41, 5.74) is 1.59. The lowest BCUT2D eigenvalue weighted by molar-refractivity contribution is -0.137. The number of anilines is 2. The van der Waals surface area contributed by atoms with Gasteiger partial charge in [-0.3, -0.25) is 0 Å². The van der Waals surface area contributed by atoms with Crippen molar-refractivity contribution in [2.24, 2.45) is 0 Å². The Labute approximate surface area is 180 Å². The summed E-state index contributed by atoms with van der Waals surface area (Å²) in [6, 6.07) is 13.9. The minimum atomic E-state index is -4.41. The van der Waals surface area contributed by atoms with Crippen molar-refractivity contribution in [1.29, 1.82) is 0 Å². The van der Waals surface area contributed by atoms with Gasteiger partial charge in [0.15, 0.2) is 5.11 Å². The standard InChI is InChI=1S/C21H17F3N2O2S2/c1-12-16(13-6-4-3-5-7-13)17(19(27)28-2)18(30-12)26-20(29)25-15-10-8-14(9-11-15)21(22,23)24/h3-11H,1-2H3,(H2,25,26,29). The maximum Gasteiger partial charge on any atom is 0.416 e. The van der Waals surface area contributed by atoms with Gasteiger partial charge in [-0.25, -0.2) is 4.79 Å². The second-order valence-electron chi connectivity index (χ2n) is 6.25. The van der Waals surface area contributed by atoms with E-state index in [2.05, 4.69) is 10.6 Å². The second-order valence-corrected chi connectivity index (χ2v) is 7.88. The zero-order valence-electron chi connectivity index (χ0n) is 16.0. The summed E-state index contributed by atoms with van der Waals surface area (Å²) in [6.45, 7) is 1.89. The van der Waals surface area contributed by atoms with E-state index in [0.29, 0.717) is 16.3 Å². The highest BCUT2D eigenvalue weighted by molar-refractivity contribution is 7.80. The number of thiophene rings is 1. The molecule has 0 unspecified atom stereocenters. The fraction of sp³-hybridized carbons (Fsp3) is 0.143. The number of carbonyl (C=O) groups excluding carboxylic acids is 1. The molecule has 1 aromatic heterocycles. The summed E-state index contributed by atoms with van der Waals surface area (Å²) in [5, 5.41) is 6.42. The molecule has 2 N–H and O–H groups in total. The zero-order chi connectivity index (χ0) is 21.9. The van der Waals surface area contributed by atoms with E-state index in [-0.39, 0.29) is 5.11 Å². The van der Waals surface area contributed by atoms with Gasteiger partial charge in [0.25, 0.3) is 0 Å². The molecule has 30 heavy (non-hydrogen) atoms. The Morgan fingerprint density at radius 1 is 1.03 bits per heavy atom. The van der Waals surface area contributed by atoms with E-state index in [1.165, 1.54) is 30.6 Å². The number of carbonyl (C=O) groups is 1. The maximum atomic E-state index is 12.7. The molecule has 2 aromatic carbocycles. The van der Waals surface area contributed by atoms with Crippen LogP contribution in [0.4, 0.5) is 23.9 Å². The number of methoxy groups -OCH3 is 1. The van der Waals surface area contributed by atoms with Gasteiger partial charge in [-0.2, -0.15) is 13.2 Å². The van der Waals surface area contributed by atoms with Crippen LogP contribution in [-0.4, -0.2) is 18.2 Å². The van der Waals surface area contributed by atoms with Crippen molar-refractivity contribution in [3.8, 4) is 11.1 Å². The first kappa shape index (κ1) is 21.8. The molecule has 1 heterocycles. The number of thiocarbonyl (C=S) groups is 1. The number of halogens is 3. The minimum absolute atomic E-state index is 0.140. The molecule has 3 aromatic rings. The molecular weight excluding hydrogens is 433 g/mol. The summed E-state index contributed by atoms with van der Waals surface area (Å²) < 4.78 is 43.1. The van der Waals surface area contributed by atoms with Gasteiger partial charge in [-0.15, -0.1) is 11.3 Å². The van der Waals surface area contributed by atoms with Gasteiger partial charge in [0.05, 0.1) is 12.7 Å². The molecule has 0 saturated heterocycles. The Balaban J connectivity index is 1.86. The van der Waals surface area contributed by atoms with E-state index >= 15 is 0 Å². The third kappa shape index (κ3) is 4.80. The lowest BCUT2D eigenvalue weighted by Crippen LogP contribution is -2.20. The van der Waals surface area contributed by atoms with Crippen molar-refractivity contribution < 1.29 is 22.7 Å². The SMILES string of the molecule is COC(=O)c1c(NC(=S)Nc2ccc(C(F)(F)F)cc2)sc(C)c1-c1ccccc1. The smallest absolute Gasteiger partial charge is 0.416 e. The molecule has 0 fully saturated rings. The third-order valence-electron chi connectivity index (χ3n) is 4.23. The molecular formula is C21H17F3N2O2S2. The Morgan fingerprint density at radius 3 is 2.23 bits per heavy atom. The fourth-order valence-electron chi connectivity index (χ4n) is 2.89. The van der Waals surface area contributed by atoms with Gasteiger partial charge >= 0.3 is 12.1 Å². The Bertz CT molecular complexity index is 1060. The van der Waals surface area contributed by atoms with Crippen molar-refractivity contribution in [2.45, 2.75) is 13.1 Å². The van der Waals surface area contributed by atoms with Gasteiger partial charge < -0.3 is 15.4 Å². The lowest BCUT2D eigenvalue weighted by Gasteiger charge is -2.12. The number of nitrogens with one attached hydrogen (secondary N) is 2. The Hall–Kier alpha value is -2.91. The van der Waals surface area contributed by atoms with Crippen LogP contribution in [0.25, 0.3) is 11.1 Å². The van der Waals surface area contributed by atoms with Gasteiger partial charge in [-0.05, 0) is 49.0 Å². The fourth-order valence-corrected chi connectivity index (χ4v) is 4.24. The van der Waals surface area contributed by atoms with E-state index in [0.717, 1.165) is 28.1 Å². The summed E-state index contributed by atoms with van der Waals surface area (Å²) in [7, 11) is 1.30. The van der Waals surface area contributed by atoms with Crippen LogP contribution >= 0.6 is 23.6 Å². The van der Waals surface area contributed by atoms with Crippen LogP contribution in [0.5, 0.6) is 0 Å². The first-order valence-electron chi connectivity index (χ1n) is 8.73. The summed E-state index contributed by atoms with van der Waals surface area (Å²) in [6.07, 6.45) is -4.41. The van der Waals surface area contributed by atoms with E-state index in [1.807, 2.05) is 37.3 Å². The molecule has 0 aliphatic carbocycles. The van der Waals surface area contributed by atoms with Crippen molar-refractivity contribution in [3.63, 3.8) is 0 Å². The van der Waals surface area contributed by atoms with Crippen molar-refractivity contribution in [1.82, 2.24) is 0 Å². The quantitative estimate of drug-likeness (QED) is 0.359. The number of hydrogen-bond acceptors (Lipinski definition) is 4. The maximum absolute atomic E-state index is 12.7. The third-order valence-corrected chi connectivity index (χ3v) is 5.46. The molecule has 0 aliphatic heterocycles. The predicted octanol–water partition coefficient (Wildman–Crippen LogP) is 6.34. The van der Waals surface area contributed by atoms with Crippen LogP contribution in [0.3, 0.4) is 0 Å². The molecule has 0 atom stereocenters. The first-order valence-corrected chi connectivity index (χ1v) is 9.95. The molecule has 3 rings (SSSR count). The van der Waals surface area contributed by atoms with Crippen LogP contribution in [0.15, 0.2) is 54.6 Å².